The van der Waals surface area contributed by atoms with E-state index in [1.54, 1.807) is 18.3 Å². The van der Waals surface area contributed by atoms with Gasteiger partial charge in [0.05, 0.1) is 0 Å². The van der Waals surface area contributed by atoms with Gasteiger partial charge in [-0.15, -0.1) is 0 Å². The fourth-order valence-electron chi connectivity index (χ4n) is 4.27. The third-order valence-electron chi connectivity index (χ3n) is 5.51. The third kappa shape index (κ3) is 3.70. The third-order valence-corrected chi connectivity index (χ3v) is 5.51. The zero-order valence-electron chi connectivity index (χ0n) is 14.6. The molecule has 2 bridgehead atoms. The molecule has 2 aromatic rings. The van der Waals surface area contributed by atoms with Gasteiger partial charge in [0.15, 0.2) is 0 Å². The molecule has 1 aromatic carbocycles. The van der Waals surface area contributed by atoms with Crippen molar-refractivity contribution >= 4 is 11.7 Å². The van der Waals surface area contributed by atoms with Crippen molar-refractivity contribution in [1.29, 1.82) is 0 Å². The van der Waals surface area contributed by atoms with E-state index in [-0.39, 0.29) is 23.9 Å². The van der Waals surface area contributed by atoms with Crippen LogP contribution in [-0.4, -0.2) is 41.1 Å². The highest BCUT2D eigenvalue weighted by molar-refractivity contribution is 5.89. The maximum atomic E-state index is 13.3. The predicted octanol–water partition coefficient (Wildman–Crippen LogP) is 3.05. The molecule has 5 nitrogen and oxygen atoms in total. The topological polar surface area (TPSA) is 57.3 Å². The van der Waals surface area contributed by atoms with Crippen LogP contribution >= 0.6 is 0 Å². The lowest BCUT2D eigenvalue weighted by atomic mass is 9.77. The fraction of sp³-hybridized carbons (Fsp3) is 0.400. The number of nitrogens with zero attached hydrogens (tertiary/aromatic N) is 2. The largest absolute Gasteiger partial charge is 0.333 e. The van der Waals surface area contributed by atoms with Crippen LogP contribution in [0, 0.1) is 11.7 Å². The lowest BCUT2D eigenvalue weighted by Gasteiger charge is -2.51. The van der Waals surface area contributed by atoms with Crippen LogP contribution in [0.2, 0.25) is 0 Å². The van der Waals surface area contributed by atoms with E-state index >= 15 is 0 Å². The lowest BCUT2D eigenvalue weighted by molar-refractivity contribution is 0.0184. The van der Waals surface area contributed by atoms with Crippen molar-refractivity contribution in [1.82, 2.24) is 15.2 Å². The first-order chi connectivity index (χ1) is 12.7. The Labute approximate surface area is 152 Å². The summed E-state index contributed by atoms with van der Waals surface area (Å²) < 4.78 is 13.3. The number of benzene rings is 1. The molecule has 3 aliphatic rings. The smallest absolute Gasteiger partial charge is 0.319 e. The van der Waals surface area contributed by atoms with Gasteiger partial charge >= 0.3 is 6.03 Å². The molecule has 4 heterocycles. The van der Waals surface area contributed by atoms with Gasteiger partial charge in [0.2, 0.25) is 0 Å². The van der Waals surface area contributed by atoms with Gasteiger partial charge in [-0.05, 0) is 68.1 Å². The van der Waals surface area contributed by atoms with E-state index in [2.05, 4.69) is 26.6 Å². The summed E-state index contributed by atoms with van der Waals surface area (Å²) in [5, 5.41) is 5.91. The Morgan fingerprint density at radius 1 is 1.23 bits per heavy atom. The first-order valence-corrected chi connectivity index (χ1v) is 9.15. The van der Waals surface area contributed by atoms with Crippen molar-refractivity contribution in [3.05, 3.63) is 60.2 Å². The number of nitrogens with one attached hydrogen (secondary N) is 2. The monoisotopic (exact) mass is 354 g/mol. The van der Waals surface area contributed by atoms with Crippen molar-refractivity contribution in [2.45, 2.75) is 31.3 Å². The van der Waals surface area contributed by atoms with Crippen LogP contribution in [0.3, 0.4) is 0 Å². The van der Waals surface area contributed by atoms with Gasteiger partial charge in [-0.25, -0.2) is 9.18 Å². The molecule has 26 heavy (non-hydrogen) atoms. The highest BCUT2D eigenvalue weighted by Crippen LogP contribution is 2.34. The lowest BCUT2D eigenvalue weighted by Crippen LogP contribution is -2.64. The molecule has 1 aromatic heterocycles. The summed E-state index contributed by atoms with van der Waals surface area (Å²) >= 11 is 0. The maximum Gasteiger partial charge on any atom is 0.319 e. The van der Waals surface area contributed by atoms with Crippen LogP contribution in [0.5, 0.6) is 0 Å². The Morgan fingerprint density at radius 3 is 2.81 bits per heavy atom. The van der Waals surface area contributed by atoms with Crippen LogP contribution in [0.15, 0.2) is 48.8 Å². The van der Waals surface area contributed by atoms with Crippen molar-refractivity contribution < 1.29 is 9.18 Å². The van der Waals surface area contributed by atoms with E-state index in [0.717, 1.165) is 32.4 Å². The Morgan fingerprint density at radius 2 is 2.08 bits per heavy atom. The van der Waals surface area contributed by atoms with E-state index < -0.39 is 0 Å². The number of anilines is 1. The quantitative estimate of drug-likeness (QED) is 0.887. The van der Waals surface area contributed by atoms with Gasteiger partial charge in [0.25, 0.3) is 0 Å². The number of urea groups is 1. The van der Waals surface area contributed by atoms with E-state index in [1.807, 2.05) is 12.3 Å². The van der Waals surface area contributed by atoms with Gasteiger partial charge in [-0.3, -0.25) is 9.88 Å². The number of halogens is 1. The highest BCUT2D eigenvalue weighted by atomic mass is 19.1. The fourth-order valence-corrected chi connectivity index (χ4v) is 4.27. The van der Waals surface area contributed by atoms with E-state index in [0.29, 0.717) is 11.6 Å². The average molecular weight is 354 g/mol. The Bertz CT molecular complexity index is 761. The number of carbonyl (C=O) groups excluding carboxylic acids is 1. The first-order valence-electron chi connectivity index (χ1n) is 9.15. The first kappa shape index (κ1) is 17.0. The van der Waals surface area contributed by atoms with Crippen molar-refractivity contribution in [3.63, 3.8) is 0 Å². The molecule has 0 unspecified atom stereocenters. The SMILES string of the molecule is O=C(Nc1cccc(F)c1)N[C@@H]1C2CCN(CC2)[C@@H]1Cc1cccnc1. The van der Waals surface area contributed by atoms with E-state index in [4.69, 9.17) is 0 Å². The second-order valence-corrected chi connectivity index (χ2v) is 7.14. The second-order valence-electron chi connectivity index (χ2n) is 7.14. The molecule has 5 rings (SSSR count). The summed E-state index contributed by atoms with van der Waals surface area (Å²) in [5.41, 5.74) is 1.65. The minimum absolute atomic E-state index is 0.0891. The molecular formula is C20H23FN4O. The summed E-state index contributed by atoms with van der Waals surface area (Å²) in [6.45, 7) is 2.17. The number of pyridine rings is 1. The van der Waals surface area contributed by atoms with Crippen LogP contribution in [0.4, 0.5) is 14.9 Å². The summed E-state index contributed by atoms with van der Waals surface area (Å²) in [7, 11) is 0. The number of rotatable bonds is 4. The van der Waals surface area contributed by atoms with Gasteiger partial charge in [0, 0.05) is 30.2 Å². The van der Waals surface area contributed by atoms with Gasteiger partial charge < -0.3 is 10.6 Å². The second kappa shape index (κ2) is 7.41. The van der Waals surface area contributed by atoms with Crippen LogP contribution < -0.4 is 10.6 Å². The zero-order valence-corrected chi connectivity index (χ0v) is 14.6. The van der Waals surface area contributed by atoms with Crippen molar-refractivity contribution in [3.8, 4) is 0 Å². The number of fused-ring (bicyclic) bond motifs is 3. The van der Waals surface area contributed by atoms with E-state index in [1.165, 1.54) is 17.7 Å². The Balaban J connectivity index is 1.46. The number of hydrogen-bond acceptors (Lipinski definition) is 3. The molecule has 3 saturated heterocycles. The number of aromatic nitrogens is 1. The normalized spacial score (nSPS) is 27.1. The predicted molar refractivity (Wildman–Crippen MR) is 98.4 cm³/mol. The zero-order chi connectivity index (χ0) is 17.9. The van der Waals surface area contributed by atoms with Crippen molar-refractivity contribution in [2.75, 3.05) is 18.4 Å². The van der Waals surface area contributed by atoms with Crippen LogP contribution in [0.25, 0.3) is 0 Å². The average Bonchev–Trinajstić information content (AvgIpc) is 2.65. The molecule has 2 atom stereocenters. The Hall–Kier alpha value is -2.47. The minimum Gasteiger partial charge on any atom is -0.333 e. The Kier molecular flexibility index (Phi) is 4.84. The molecule has 3 fully saturated rings. The maximum absolute atomic E-state index is 13.3. The molecule has 0 aliphatic carbocycles. The molecule has 0 saturated carbocycles. The number of amides is 2. The van der Waals surface area contributed by atoms with E-state index in [9.17, 15) is 9.18 Å². The number of carbonyl (C=O) groups is 1. The molecule has 6 heteroatoms. The summed E-state index contributed by atoms with van der Waals surface area (Å²) in [6.07, 6.45) is 6.75. The molecule has 0 radical (unpaired) electrons. The molecule has 136 valence electrons. The van der Waals surface area contributed by atoms with Gasteiger partial charge in [0.1, 0.15) is 5.82 Å². The summed E-state index contributed by atoms with van der Waals surface area (Å²) in [4.78, 5) is 19.2. The summed E-state index contributed by atoms with van der Waals surface area (Å²) in [6, 6.07) is 10.1. The molecular weight excluding hydrogens is 331 g/mol. The standard InChI is InChI=1S/C20H23FN4O/c21-16-4-1-5-17(12-16)23-20(26)24-19-15-6-9-25(10-7-15)18(19)11-14-3-2-8-22-13-14/h1-5,8,12-13,15,18-19H,6-7,9-11H2,(H2,23,24,26)/t18-,19-/m1/s1. The molecule has 3 aliphatic heterocycles. The van der Waals surface area contributed by atoms with Gasteiger partial charge in [-0.1, -0.05) is 12.1 Å². The molecule has 2 N–H and O–H groups in total. The molecule has 2 amide bonds. The molecule has 0 spiro atoms. The highest BCUT2D eigenvalue weighted by Gasteiger charge is 2.42. The van der Waals surface area contributed by atoms with Crippen LogP contribution in [-0.2, 0) is 6.42 Å². The van der Waals surface area contributed by atoms with Crippen LogP contribution in [0.1, 0.15) is 18.4 Å². The van der Waals surface area contributed by atoms with Gasteiger partial charge in [-0.2, -0.15) is 0 Å². The number of piperidine rings is 3. The summed E-state index contributed by atoms with van der Waals surface area (Å²) in [5.74, 6) is 0.125. The van der Waals surface area contributed by atoms with Crippen molar-refractivity contribution in [2.24, 2.45) is 5.92 Å². The minimum atomic E-state index is -0.361. The number of hydrogen-bond donors (Lipinski definition) is 2.